The molecular weight excluding hydrogens is 352 g/mol. The van der Waals surface area contributed by atoms with Crippen LogP contribution in [0.1, 0.15) is 5.56 Å². The number of carbonyl (C=O) groups is 1. The van der Waals surface area contributed by atoms with Gasteiger partial charge < -0.3 is 11.1 Å². The summed E-state index contributed by atoms with van der Waals surface area (Å²) < 4.78 is 13.0. The van der Waals surface area contributed by atoms with Gasteiger partial charge in [0.25, 0.3) is 0 Å². The number of rotatable bonds is 4. The fraction of sp³-hybridized carbons (Fsp3) is 0.133. The number of para-hydroxylation sites is 1. The van der Waals surface area contributed by atoms with Crippen molar-refractivity contribution in [1.82, 2.24) is 0 Å². The number of hydrogen-bond acceptors (Lipinski definition) is 3. The Morgan fingerprint density at radius 3 is 2.67 bits per heavy atom. The highest BCUT2D eigenvalue weighted by Crippen LogP contribution is 2.22. The molecule has 0 heterocycles. The van der Waals surface area contributed by atoms with Crippen LogP contribution in [0.25, 0.3) is 0 Å². The van der Waals surface area contributed by atoms with Crippen molar-refractivity contribution in [2.45, 2.75) is 11.8 Å². The minimum Gasteiger partial charge on any atom is -0.398 e. The zero-order chi connectivity index (χ0) is 15.4. The molecule has 0 aliphatic heterocycles. The summed E-state index contributed by atoms with van der Waals surface area (Å²) in [5.74, 6) is -0.426. The molecular formula is C15H15BrN2O2S. The highest BCUT2D eigenvalue weighted by atomic mass is 79.9. The first-order chi connectivity index (χ1) is 9.97. The Hall–Kier alpha value is -1.66. The van der Waals surface area contributed by atoms with E-state index in [2.05, 4.69) is 21.2 Å². The summed E-state index contributed by atoms with van der Waals surface area (Å²) in [6.07, 6.45) is 0. The van der Waals surface area contributed by atoms with Crippen LogP contribution in [0.4, 0.5) is 11.4 Å². The quantitative estimate of drug-likeness (QED) is 0.816. The molecule has 2 rings (SSSR count). The van der Waals surface area contributed by atoms with Gasteiger partial charge in [0.15, 0.2) is 0 Å². The van der Waals surface area contributed by atoms with Crippen LogP contribution < -0.4 is 11.1 Å². The monoisotopic (exact) mass is 366 g/mol. The van der Waals surface area contributed by atoms with Gasteiger partial charge in [-0.1, -0.05) is 34.1 Å². The first kappa shape index (κ1) is 15.7. The number of benzene rings is 2. The molecule has 0 spiro atoms. The largest absolute Gasteiger partial charge is 0.398 e. The number of halogens is 1. The van der Waals surface area contributed by atoms with Crippen LogP contribution in [0, 0.1) is 6.92 Å². The second kappa shape index (κ2) is 6.87. The second-order valence-electron chi connectivity index (χ2n) is 4.54. The molecule has 6 heteroatoms. The van der Waals surface area contributed by atoms with Crippen LogP contribution in [-0.2, 0) is 15.6 Å². The summed E-state index contributed by atoms with van der Waals surface area (Å²) in [5, 5.41) is 2.76. The van der Waals surface area contributed by atoms with E-state index in [-0.39, 0.29) is 11.7 Å². The Morgan fingerprint density at radius 2 is 2.00 bits per heavy atom. The van der Waals surface area contributed by atoms with Crippen LogP contribution >= 0.6 is 15.9 Å². The molecule has 1 unspecified atom stereocenters. The van der Waals surface area contributed by atoms with E-state index in [0.29, 0.717) is 10.6 Å². The summed E-state index contributed by atoms with van der Waals surface area (Å²) in [6, 6.07) is 12.5. The lowest BCUT2D eigenvalue weighted by Crippen LogP contribution is -2.20. The van der Waals surface area contributed by atoms with Gasteiger partial charge in [0.2, 0.25) is 5.91 Å². The summed E-state index contributed by atoms with van der Waals surface area (Å²) >= 11 is 3.29. The molecule has 2 aromatic rings. The smallest absolute Gasteiger partial charge is 0.237 e. The molecule has 1 atom stereocenters. The lowest BCUT2D eigenvalue weighted by molar-refractivity contribution is -0.113. The van der Waals surface area contributed by atoms with Crippen LogP contribution in [-0.4, -0.2) is 15.9 Å². The topological polar surface area (TPSA) is 72.2 Å². The van der Waals surface area contributed by atoms with E-state index in [9.17, 15) is 9.00 Å². The summed E-state index contributed by atoms with van der Waals surface area (Å²) in [7, 11) is -1.47. The Labute approximate surface area is 134 Å². The number of nitrogens with one attached hydrogen (secondary N) is 1. The lowest BCUT2D eigenvalue weighted by Gasteiger charge is -2.09. The highest BCUT2D eigenvalue weighted by Gasteiger charge is 2.13. The third-order valence-electron chi connectivity index (χ3n) is 2.90. The van der Waals surface area contributed by atoms with E-state index in [1.165, 1.54) is 0 Å². The molecule has 0 saturated heterocycles. The zero-order valence-corrected chi connectivity index (χ0v) is 13.8. The van der Waals surface area contributed by atoms with Crippen molar-refractivity contribution in [1.29, 1.82) is 0 Å². The Kier molecular flexibility index (Phi) is 5.14. The van der Waals surface area contributed by atoms with E-state index in [0.717, 1.165) is 15.7 Å². The van der Waals surface area contributed by atoms with Crippen molar-refractivity contribution in [3.63, 3.8) is 0 Å². The average Bonchev–Trinajstić information content (AvgIpc) is 2.41. The molecule has 110 valence electrons. The standard InChI is InChI=1S/C15H15BrN2O2S/c1-10-4-2-3-5-13(10)18-15(19)9-21(20)14-7-6-11(16)8-12(14)17/h2-8H,9,17H2,1H3,(H,18,19). The van der Waals surface area contributed by atoms with E-state index in [1.54, 1.807) is 18.2 Å². The first-order valence-corrected chi connectivity index (χ1v) is 8.37. The van der Waals surface area contributed by atoms with Gasteiger partial charge in [0.05, 0.1) is 15.7 Å². The predicted molar refractivity (Wildman–Crippen MR) is 89.6 cm³/mol. The van der Waals surface area contributed by atoms with Gasteiger partial charge in [-0.25, -0.2) is 0 Å². The van der Waals surface area contributed by atoms with Gasteiger partial charge in [0, 0.05) is 15.8 Å². The normalized spacial score (nSPS) is 11.9. The highest BCUT2D eigenvalue weighted by molar-refractivity contribution is 9.10. The van der Waals surface area contributed by atoms with E-state index in [1.807, 2.05) is 31.2 Å². The van der Waals surface area contributed by atoms with E-state index >= 15 is 0 Å². The maximum absolute atomic E-state index is 12.2. The van der Waals surface area contributed by atoms with Crippen molar-refractivity contribution < 1.29 is 9.00 Å². The minimum atomic E-state index is -1.47. The lowest BCUT2D eigenvalue weighted by atomic mass is 10.2. The predicted octanol–water partition coefficient (Wildman–Crippen LogP) is 3.09. The molecule has 0 fully saturated rings. The van der Waals surface area contributed by atoms with Crippen molar-refractivity contribution in [2.24, 2.45) is 0 Å². The van der Waals surface area contributed by atoms with Crippen molar-refractivity contribution in [3.8, 4) is 0 Å². The molecule has 0 radical (unpaired) electrons. The van der Waals surface area contributed by atoms with E-state index < -0.39 is 10.8 Å². The van der Waals surface area contributed by atoms with Gasteiger partial charge in [-0.05, 0) is 36.8 Å². The molecule has 1 amide bonds. The summed E-state index contributed by atoms with van der Waals surface area (Å²) in [6.45, 7) is 1.90. The number of anilines is 2. The SMILES string of the molecule is Cc1ccccc1NC(=O)CS(=O)c1ccc(Br)cc1N. The Balaban J connectivity index is 2.06. The number of aryl methyl sites for hydroxylation is 1. The van der Waals surface area contributed by atoms with Crippen LogP contribution in [0.5, 0.6) is 0 Å². The molecule has 0 aliphatic rings. The number of nitrogens with two attached hydrogens (primary N) is 1. The molecule has 0 saturated carbocycles. The number of hydrogen-bond donors (Lipinski definition) is 2. The minimum absolute atomic E-state index is 0.125. The maximum atomic E-state index is 12.2. The Morgan fingerprint density at radius 1 is 1.29 bits per heavy atom. The van der Waals surface area contributed by atoms with Gasteiger partial charge in [0.1, 0.15) is 5.75 Å². The zero-order valence-electron chi connectivity index (χ0n) is 11.4. The fourth-order valence-corrected chi connectivity index (χ4v) is 3.21. The molecule has 0 aliphatic carbocycles. The van der Waals surface area contributed by atoms with Gasteiger partial charge in [-0.15, -0.1) is 0 Å². The van der Waals surface area contributed by atoms with Crippen LogP contribution in [0.3, 0.4) is 0 Å². The Bertz CT molecular complexity index is 704. The van der Waals surface area contributed by atoms with Crippen LogP contribution in [0.2, 0.25) is 0 Å². The van der Waals surface area contributed by atoms with Crippen LogP contribution in [0.15, 0.2) is 51.8 Å². The van der Waals surface area contributed by atoms with E-state index in [4.69, 9.17) is 5.73 Å². The third-order valence-corrected chi connectivity index (χ3v) is 4.78. The maximum Gasteiger partial charge on any atom is 0.237 e. The second-order valence-corrected chi connectivity index (χ2v) is 6.87. The fourth-order valence-electron chi connectivity index (χ4n) is 1.82. The number of nitrogen functional groups attached to an aromatic ring is 1. The molecule has 4 nitrogen and oxygen atoms in total. The number of amides is 1. The van der Waals surface area contributed by atoms with Gasteiger partial charge in [-0.2, -0.15) is 0 Å². The number of carbonyl (C=O) groups excluding carboxylic acids is 1. The summed E-state index contributed by atoms with van der Waals surface area (Å²) in [5.41, 5.74) is 7.91. The molecule has 0 bridgehead atoms. The summed E-state index contributed by atoms with van der Waals surface area (Å²) in [4.78, 5) is 12.4. The van der Waals surface area contributed by atoms with Crippen molar-refractivity contribution >= 4 is 44.0 Å². The average molecular weight is 367 g/mol. The van der Waals surface area contributed by atoms with Crippen molar-refractivity contribution in [2.75, 3.05) is 16.8 Å². The molecule has 3 N–H and O–H groups in total. The molecule has 21 heavy (non-hydrogen) atoms. The molecule has 0 aromatic heterocycles. The third kappa shape index (κ3) is 4.15. The molecule has 2 aromatic carbocycles. The van der Waals surface area contributed by atoms with Gasteiger partial charge >= 0.3 is 0 Å². The van der Waals surface area contributed by atoms with Gasteiger partial charge in [-0.3, -0.25) is 9.00 Å². The first-order valence-electron chi connectivity index (χ1n) is 6.26. The van der Waals surface area contributed by atoms with Crippen molar-refractivity contribution in [3.05, 3.63) is 52.5 Å².